The van der Waals surface area contributed by atoms with Crippen molar-refractivity contribution >= 4 is 17.5 Å². The van der Waals surface area contributed by atoms with E-state index in [2.05, 4.69) is 30.9 Å². The molecule has 3 N–H and O–H groups in total. The standard InChI is InChI=1S/C28H32F2N6O3/c1-28(2,3)25-16-26(35-39-25)32-27(37)31-22-10-7-17(13-21(22)30)23-15-24(34-33-23)19-9-8-18(14-20(19)29)38-12-6-11-36(4)5/h7-10,13-16H,6,11-12H2,1-5H3,(H,33,34)(H2,31,32,35,37). The molecule has 0 saturated carbocycles. The Balaban J connectivity index is 1.39. The quantitative estimate of drug-likeness (QED) is 0.216. The highest BCUT2D eigenvalue weighted by atomic mass is 19.1. The highest BCUT2D eigenvalue weighted by molar-refractivity contribution is 5.99. The van der Waals surface area contributed by atoms with Gasteiger partial charge in [-0.25, -0.2) is 13.6 Å². The summed E-state index contributed by atoms with van der Waals surface area (Å²) in [5.41, 5.74) is 1.32. The van der Waals surface area contributed by atoms with Gasteiger partial charge in [0.25, 0.3) is 0 Å². The van der Waals surface area contributed by atoms with Crippen molar-refractivity contribution in [2.24, 2.45) is 0 Å². The molecule has 4 aromatic rings. The largest absolute Gasteiger partial charge is 0.493 e. The van der Waals surface area contributed by atoms with Gasteiger partial charge in [0.2, 0.25) is 0 Å². The third-order valence-electron chi connectivity index (χ3n) is 5.83. The first kappa shape index (κ1) is 27.8. The van der Waals surface area contributed by atoms with Gasteiger partial charge in [0.05, 0.1) is 23.7 Å². The summed E-state index contributed by atoms with van der Waals surface area (Å²) in [6.07, 6.45) is 0.829. The number of benzene rings is 2. The van der Waals surface area contributed by atoms with E-state index in [0.29, 0.717) is 40.6 Å². The zero-order valence-corrected chi connectivity index (χ0v) is 22.6. The van der Waals surface area contributed by atoms with Crippen LogP contribution in [0, 0.1) is 11.6 Å². The fourth-order valence-corrected chi connectivity index (χ4v) is 3.72. The molecule has 9 nitrogen and oxygen atoms in total. The molecule has 2 amide bonds. The number of hydrogen-bond donors (Lipinski definition) is 3. The van der Waals surface area contributed by atoms with E-state index >= 15 is 0 Å². The van der Waals surface area contributed by atoms with Crippen molar-refractivity contribution in [3.63, 3.8) is 0 Å². The Kier molecular flexibility index (Phi) is 8.29. The van der Waals surface area contributed by atoms with Crippen molar-refractivity contribution < 1.29 is 22.8 Å². The van der Waals surface area contributed by atoms with E-state index in [1.165, 1.54) is 18.2 Å². The molecule has 0 unspecified atom stereocenters. The van der Waals surface area contributed by atoms with E-state index in [0.717, 1.165) is 13.0 Å². The number of nitrogens with zero attached hydrogens (tertiary/aromatic N) is 3. The second-order valence-corrected chi connectivity index (χ2v) is 10.4. The minimum Gasteiger partial charge on any atom is -0.493 e. The van der Waals surface area contributed by atoms with Crippen LogP contribution in [-0.2, 0) is 5.41 Å². The molecule has 0 spiro atoms. The van der Waals surface area contributed by atoms with Crippen molar-refractivity contribution in [3.05, 3.63) is 65.9 Å². The van der Waals surface area contributed by atoms with Gasteiger partial charge in [-0.15, -0.1) is 0 Å². The van der Waals surface area contributed by atoms with Crippen LogP contribution < -0.4 is 15.4 Å². The normalized spacial score (nSPS) is 11.6. The summed E-state index contributed by atoms with van der Waals surface area (Å²) in [4.78, 5) is 14.4. The highest BCUT2D eigenvalue weighted by Gasteiger charge is 2.20. The zero-order valence-electron chi connectivity index (χ0n) is 22.6. The molecule has 0 saturated heterocycles. The van der Waals surface area contributed by atoms with Crippen LogP contribution in [0.15, 0.2) is 53.1 Å². The van der Waals surface area contributed by atoms with Gasteiger partial charge in [-0.2, -0.15) is 5.10 Å². The maximum Gasteiger partial charge on any atom is 0.325 e. The number of anilines is 2. The summed E-state index contributed by atoms with van der Waals surface area (Å²) in [6.45, 7) is 7.22. The highest BCUT2D eigenvalue weighted by Crippen LogP contribution is 2.30. The van der Waals surface area contributed by atoms with Crippen molar-refractivity contribution in [3.8, 4) is 28.3 Å². The molecule has 4 rings (SSSR count). The molecule has 0 radical (unpaired) electrons. The molecule has 0 bridgehead atoms. The van der Waals surface area contributed by atoms with Crippen molar-refractivity contribution in [2.45, 2.75) is 32.6 Å². The molecule has 0 aliphatic rings. The lowest BCUT2D eigenvalue weighted by molar-refractivity contribution is 0.261. The Morgan fingerprint density at radius 2 is 1.85 bits per heavy atom. The number of aromatic nitrogens is 3. The SMILES string of the molecule is CN(C)CCCOc1ccc(-c2cc(-c3ccc(NC(=O)Nc4cc(C(C)(C)C)on4)c(F)c3)n[nH]2)c(F)c1. The third-order valence-corrected chi connectivity index (χ3v) is 5.83. The topological polar surface area (TPSA) is 108 Å². The summed E-state index contributed by atoms with van der Waals surface area (Å²) in [7, 11) is 3.96. The summed E-state index contributed by atoms with van der Waals surface area (Å²) in [6, 6.07) is 11.5. The maximum absolute atomic E-state index is 14.8. The van der Waals surface area contributed by atoms with Gasteiger partial charge in [0.1, 0.15) is 23.1 Å². The van der Waals surface area contributed by atoms with Gasteiger partial charge in [-0.3, -0.25) is 10.4 Å². The number of carbonyl (C=O) groups excluding carboxylic acids is 1. The van der Waals surface area contributed by atoms with Gasteiger partial charge in [-0.1, -0.05) is 32.0 Å². The zero-order chi connectivity index (χ0) is 28.2. The summed E-state index contributed by atoms with van der Waals surface area (Å²) in [5, 5.41) is 15.8. The Morgan fingerprint density at radius 1 is 1.05 bits per heavy atom. The molecular formula is C28H32F2N6O3. The number of halogens is 2. The molecule has 206 valence electrons. The van der Waals surface area contributed by atoms with Crippen LogP contribution in [0.2, 0.25) is 0 Å². The number of H-pyrrole nitrogens is 1. The second kappa shape index (κ2) is 11.6. The fourth-order valence-electron chi connectivity index (χ4n) is 3.72. The first-order valence-electron chi connectivity index (χ1n) is 12.5. The number of hydrogen-bond acceptors (Lipinski definition) is 6. The van der Waals surface area contributed by atoms with Crippen molar-refractivity contribution in [1.82, 2.24) is 20.3 Å². The number of urea groups is 1. The molecular weight excluding hydrogens is 506 g/mol. The lowest BCUT2D eigenvalue weighted by Crippen LogP contribution is -2.20. The van der Waals surface area contributed by atoms with Crippen LogP contribution in [-0.4, -0.2) is 53.5 Å². The van der Waals surface area contributed by atoms with Crippen molar-refractivity contribution in [1.29, 1.82) is 0 Å². The van der Waals surface area contributed by atoms with E-state index in [4.69, 9.17) is 9.26 Å². The van der Waals surface area contributed by atoms with Crippen LogP contribution in [0.4, 0.5) is 25.1 Å². The summed E-state index contributed by atoms with van der Waals surface area (Å²) < 4.78 is 40.5. The van der Waals surface area contributed by atoms with E-state index in [-0.39, 0.29) is 16.9 Å². The van der Waals surface area contributed by atoms with E-state index < -0.39 is 17.7 Å². The maximum atomic E-state index is 14.8. The number of ether oxygens (including phenoxy) is 1. The minimum absolute atomic E-state index is 0.0289. The second-order valence-electron chi connectivity index (χ2n) is 10.4. The molecule has 0 aliphatic carbocycles. The van der Waals surface area contributed by atoms with Gasteiger partial charge in [0.15, 0.2) is 5.82 Å². The van der Waals surface area contributed by atoms with Gasteiger partial charge < -0.3 is 19.5 Å². The molecule has 0 atom stereocenters. The van der Waals surface area contributed by atoms with E-state index in [1.54, 1.807) is 30.3 Å². The molecule has 0 fully saturated rings. The van der Waals surface area contributed by atoms with Crippen molar-refractivity contribution in [2.75, 3.05) is 37.9 Å². The number of rotatable bonds is 9. The average molecular weight is 539 g/mol. The number of amides is 2. The minimum atomic E-state index is -0.668. The van der Waals surface area contributed by atoms with Crippen LogP contribution in [0.3, 0.4) is 0 Å². The summed E-state index contributed by atoms with van der Waals surface area (Å²) in [5.74, 6) is 0.140. The Morgan fingerprint density at radius 3 is 2.51 bits per heavy atom. The first-order valence-corrected chi connectivity index (χ1v) is 12.5. The van der Waals surface area contributed by atoms with Crippen LogP contribution in [0.5, 0.6) is 5.75 Å². The van der Waals surface area contributed by atoms with E-state index in [1.807, 2.05) is 34.9 Å². The van der Waals surface area contributed by atoms with Crippen LogP contribution in [0.25, 0.3) is 22.5 Å². The predicted molar refractivity (Wildman–Crippen MR) is 146 cm³/mol. The molecule has 2 heterocycles. The number of nitrogens with one attached hydrogen (secondary N) is 3. The fraction of sp³-hybridized carbons (Fsp3) is 0.321. The number of carbonyl (C=O) groups is 1. The predicted octanol–water partition coefficient (Wildman–Crippen LogP) is 6.28. The van der Waals surface area contributed by atoms with Crippen LogP contribution in [0.1, 0.15) is 33.0 Å². The Hall–Kier alpha value is -4.25. The smallest absolute Gasteiger partial charge is 0.325 e. The third kappa shape index (κ3) is 7.20. The van der Waals surface area contributed by atoms with Crippen LogP contribution >= 0.6 is 0 Å². The van der Waals surface area contributed by atoms with Gasteiger partial charge in [0, 0.05) is 35.2 Å². The lowest BCUT2D eigenvalue weighted by Gasteiger charge is -2.12. The summed E-state index contributed by atoms with van der Waals surface area (Å²) >= 11 is 0. The monoisotopic (exact) mass is 538 g/mol. The average Bonchev–Trinajstić information content (AvgIpc) is 3.53. The molecule has 2 aromatic heterocycles. The van der Waals surface area contributed by atoms with E-state index in [9.17, 15) is 13.6 Å². The lowest BCUT2D eigenvalue weighted by atomic mass is 9.93. The first-order chi connectivity index (χ1) is 18.5. The molecule has 39 heavy (non-hydrogen) atoms. The Bertz CT molecular complexity index is 1440. The van der Waals surface area contributed by atoms with Gasteiger partial charge in [-0.05, 0) is 50.8 Å². The van der Waals surface area contributed by atoms with Gasteiger partial charge >= 0.3 is 6.03 Å². The molecule has 0 aliphatic heterocycles. The Labute approximate surface area is 225 Å². The molecule has 2 aromatic carbocycles. The number of aromatic amines is 1. The molecule has 11 heteroatoms.